The Morgan fingerprint density at radius 2 is 1.24 bits per heavy atom. The molecule has 540 valence electrons. The molecule has 3 aromatic rings. The number of fused-ring (bicyclic) bond motifs is 4. The van der Waals surface area contributed by atoms with Gasteiger partial charge in [-0.15, -0.1) is 0 Å². The molecule has 8 rings (SSSR count). The van der Waals surface area contributed by atoms with E-state index >= 15 is 0 Å². The number of carbonyl (C=O) groups excluding carboxylic acids is 6. The van der Waals surface area contributed by atoms with Crippen molar-refractivity contribution in [2.75, 3.05) is 97.0 Å². The van der Waals surface area contributed by atoms with Crippen LogP contribution in [0.5, 0.6) is 23.0 Å². The molecule has 0 spiro atoms. The molecule has 3 aromatic carbocycles. The van der Waals surface area contributed by atoms with Crippen LogP contribution in [0.2, 0.25) is 0 Å². The van der Waals surface area contributed by atoms with Gasteiger partial charge in [-0.1, -0.05) is 117 Å². The van der Waals surface area contributed by atoms with Gasteiger partial charge in [0.05, 0.1) is 128 Å². The summed E-state index contributed by atoms with van der Waals surface area (Å²) in [5.41, 5.74) is 4.74. The Labute approximate surface area is 590 Å². The summed E-state index contributed by atoms with van der Waals surface area (Å²) in [5.74, 6) is -1.34. The van der Waals surface area contributed by atoms with Crippen LogP contribution in [0.1, 0.15) is 93.0 Å². The summed E-state index contributed by atoms with van der Waals surface area (Å²) < 4.78 is 52.2. The number of rotatable bonds is 37. The first-order valence-corrected chi connectivity index (χ1v) is 33.9. The van der Waals surface area contributed by atoms with Crippen LogP contribution in [-0.2, 0) is 49.5 Å². The van der Waals surface area contributed by atoms with Crippen molar-refractivity contribution in [2.24, 2.45) is 10.9 Å². The van der Waals surface area contributed by atoms with Gasteiger partial charge < -0.3 is 83.9 Å². The molecule has 0 radical (unpaired) electrons. The SMILES string of the molecule is CC=CC1=CN2C(=O)c3cc(OC)c(OCCCOc4cc5c(cc4OC)C(=O)N4C=C(C=CC)CC4C(O)N5C(O)OCc4ccc(NC(=O)C(C)NC(=O)C(NC(=O)CCOCCOCCOCCOCCNC(=O)CC5=CC=CC=CC=CC=CC=C5)C(C)C)cc4)cc3N=CC2C1. The summed E-state index contributed by atoms with van der Waals surface area (Å²) >= 11 is 0. The number of aliphatic hydroxyl groups excluding tert-OH is 2. The Kier molecular flexibility index (Phi) is 30.4. The van der Waals surface area contributed by atoms with E-state index in [0.29, 0.717) is 86.4 Å². The number of nitrogens with zero attached hydrogens (tertiary/aromatic N) is 4. The molecule has 0 bridgehead atoms. The maximum atomic E-state index is 14.4. The molecule has 6 atom stereocenters. The number of aliphatic imine (C=N–C) groups is 1. The summed E-state index contributed by atoms with van der Waals surface area (Å²) in [5, 5.41) is 35.2. The molecular weight excluding hydrogens is 1300 g/mol. The normalized spacial score (nSPS) is 17.9. The van der Waals surface area contributed by atoms with E-state index in [1.54, 1.807) is 67.6 Å². The fraction of sp³-hybridized carbons (Fsp3) is 0.408. The van der Waals surface area contributed by atoms with Crippen LogP contribution < -0.4 is 45.1 Å². The van der Waals surface area contributed by atoms with Crippen LogP contribution in [0.15, 0.2) is 174 Å². The Hall–Kier alpha value is -9.73. The average molecular weight is 1390 g/mol. The molecule has 5 aliphatic rings. The average Bonchev–Trinajstić information content (AvgIpc) is 1.62. The van der Waals surface area contributed by atoms with Crippen molar-refractivity contribution in [3.05, 3.63) is 185 Å². The smallest absolute Gasteiger partial charge is 0.260 e. The van der Waals surface area contributed by atoms with E-state index in [4.69, 9.17) is 42.6 Å². The summed E-state index contributed by atoms with van der Waals surface area (Å²) in [4.78, 5) is 89.4. The largest absolute Gasteiger partial charge is 0.493 e. The van der Waals surface area contributed by atoms with E-state index in [2.05, 4.69) is 26.3 Å². The fourth-order valence-electron chi connectivity index (χ4n) is 11.3. The van der Waals surface area contributed by atoms with Crippen molar-refractivity contribution in [1.29, 1.82) is 0 Å². The number of methoxy groups -OCH3 is 2. The van der Waals surface area contributed by atoms with E-state index < -0.39 is 54.4 Å². The second-order valence-electron chi connectivity index (χ2n) is 24.3. The lowest BCUT2D eigenvalue weighted by Gasteiger charge is -2.36. The quantitative estimate of drug-likeness (QED) is 0.0233. The van der Waals surface area contributed by atoms with Gasteiger partial charge in [-0.05, 0) is 86.1 Å². The van der Waals surface area contributed by atoms with Crippen LogP contribution in [0.3, 0.4) is 0 Å². The molecule has 0 aromatic heterocycles. The summed E-state index contributed by atoms with van der Waals surface area (Å²) in [6.07, 6.45) is 32.2. The zero-order valence-electron chi connectivity index (χ0n) is 58.4. The highest BCUT2D eigenvalue weighted by atomic mass is 16.6. The molecule has 0 fully saturated rings. The van der Waals surface area contributed by atoms with Gasteiger partial charge in [-0.2, -0.15) is 0 Å². The number of amides is 6. The third kappa shape index (κ3) is 22.6. The molecule has 6 amide bonds. The van der Waals surface area contributed by atoms with Crippen molar-refractivity contribution in [3.63, 3.8) is 0 Å². The van der Waals surface area contributed by atoms with Crippen molar-refractivity contribution < 1.29 is 81.6 Å². The fourth-order valence-corrected chi connectivity index (χ4v) is 11.3. The van der Waals surface area contributed by atoms with Crippen LogP contribution in [0.4, 0.5) is 17.1 Å². The summed E-state index contributed by atoms with van der Waals surface area (Å²) in [7, 11) is 2.94. The minimum Gasteiger partial charge on any atom is -0.493 e. The lowest BCUT2D eigenvalue weighted by atomic mass is 10.0. The number of ether oxygens (including phenoxy) is 9. The highest BCUT2D eigenvalue weighted by Crippen LogP contribution is 2.43. The van der Waals surface area contributed by atoms with Crippen molar-refractivity contribution in [1.82, 2.24) is 25.8 Å². The van der Waals surface area contributed by atoms with E-state index in [-0.39, 0.29) is 105 Å². The van der Waals surface area contributed by atoms with E-state index in [1.807, 2.05) is 111 Å². The van der Waals surface area contributed by atoms with Crippen LogP contribution >= 0.6 is 0 Å². The Morgan fingerprint density at radius 1 is 0.653 bits per heavy atom. The molecule has 0 saturated carbocycles. The number of aliphatic hydroxyl groups is 2. The lowest BCUT2D eigenvalue weighted by Crippen LogP contribution is -2.53. The number of benzene rings is 3. The first kappa shape index (κ1) is 77.0. The Balaban J connectivity index is 0.743. The highest BCUT2D eigenvalue weighted by molar-refractivity contribution is 6.05. The van der Waals surface area contributed by atoms with Crippen LogP contribution in [0.25, 0.3) is 0 Å². The number of hydrogen-bond donors (Lipinski definition) is 6. The molecule has 25 heteroatoms. The maximum Gasteiger partial charge on any atom is 0.260 e. The molecular formula is C76H94N8O17. The standard InChI is InChI=1S/C76H94N8O17/c1-8-20-55-40-58-47-78-61-45-66(64(93-6)43-59(61)73(89)82(58)48-55)99-30-19-31-100-67-46-62-60(44-65(67)94-7)74(90)83-49-56(21-9-2)41-63(83)75(91)84(62)76(92)101-50-54-24-26-57(27-25-54)80-71(87)52(5)79-72(88)70(51(3)4)81-68(85)28-32-95-34-36-97-38-39-98-37-35-96-33-29-77-69(86)42-53-22-17-15-13-11-10-12-14-16-18-23-53/h8-18,20-27,43-49,51-52,58,63,70,75-76,91-92H,19,28-42,50H2,1-7H3,(H,77,86)(H,79,88)(H,80,87)(H,81,85). The molecule has 6 N–H and O–H groups in total. The van der Waals surface area contributed by atoms with Gasteiger partial charge in [-0.25, -0.2) is 0 Å². The molecule has 101 heavy (non-hydrogen) atoms. The van der Waals surface area contributed by atoms with Crippen molar-refractivity contribution >= 4 is 58.7 Å². The molecule has 25 nitrogen and oxygen atoms in total. The topological polar surface area (TPSA) is 296 Å². The number of nitrogens with one attached hydrogen (secondary N) is 4. The third-order valence-corrected chi connectivity index (χ3v) is 16.5. The predicted molar refractivity (Wildman–Crippen MR) is 383 cm³/mol. The Bertz CT molecular complexity index is 3700. The molecule has 1 aliphatic carbocycles. The monoisotopic (exact) mass is 1390 g/mol. The third-order valence-electron chi connectivity index (χ3n) is 16.5. The van der Waals surface area contributed by atoms with E-state index in [0.717, 1.165) is 16.7 Å². The first-order valence-electron chi connectivity index (χ1n) is 33.9. The van der Waals surface area contributed by atoms with Gasteiger partial charge in [0.15, 0.2) is 29.2 Å². The predicted octanol–water partition coefficient (Wildman–Crippen LogP) is 8.52. The van der Waals surface area contributed by atoms with Gasteiger partial charge in [0.1, 0.15) is 12.1 Å². The first-order chi connectivity index (χ1) is 49.0. The summed E-state index contributed by atoms with van der Waals surface area (Å²) in [6, 6.07) is 9.97. The minimum absolute atomic E-state index is 0.00885. The van der Waals surface area contributed by atoms with Crippen molar-refractivity contribution in [3.8, 4) is 23.0 Å². The van der Waals surface area contributed by atoms with Gasteiger partial charge >= 0.3 is 0 Å². The van der Waals surface area contributed by atoms with Crippen LogP contribution in [-0.4, -0.2) is 185 Å². The van der Waals surface area contributed by atoms with Gasteiger partial charge in [0.2, 0.25) is 30.0 Å². The number of carbonyl (C=O) groups is 6. The number of allylic oxidation sites excluding steroid dienone is 15. The van der Waals surface area contributed by atoms with Gasteiger partial charge in [0.25, 0.3) is 11.8 Å². The van der Waals surface area contributed by atoms with Crippen molar-refractivity contribution in [2.45, 2.75) is 110 Å². The molecule has 6 unspecified atom stereocenters. The summed E-state index contributed by atoms with van der Waals surface area (Å²) in [6.45, 7) is 11.7. The molecule has 4 heterocycles. The Morgan fingerprint density at radius 3 is 1.88 bits per heavy atom. The van der Waals surface area contributed by atoms with E-state index in [1.165, 1.54) is 43.1 Å². The lowest BCUT2D eigenvalue weighted by molar-refractivity contribution is -0.132. The van der Waals surface area contributed by atoms with Gasteiger partial charge in [-0.3, -0.25) is 38.7 Å². The second-order valence-corrected chi connectivity index (χ2v) is 24.3. The highest BCUT2D eigenvalue weighted by Gasteiger charge is 2.45. The maximum absolute atomic E-state index is 14.4. The zero-order valence-corrected chi connectivity index (χ0v) is 58.4. The van der Waals surface area contributed by atoms with E-state index in [9.17, 15) is 39.0 Å². The number of hydrogen-bond acceptors (Lipinski definition) is 19. The zero-order chi connectivity index (χ0) is 72.0. The molecule has 0 saturated heterocycles. The number of anilines is 2. The molecule has 4 aliphatic heterocycles. The second kappa shape index (κ2) is 39.9. The minimum atomic E-state index is -1.81. The van der Waals surface area contributed by atoms with Gasteiger partial charge in [0, 0.05) is 55.8 Å². The van der Waals surface area contributed by atoms with Crippen LogP contribution in [0, 0.1) is 5.92 Å².